The van der Waals surface area contributed by atoms with E-state index in [0.29, 0.717) is 45.6 Å². The third-order valence-corrected chi connectivity index (χ3v) is 13.9. The molecule has 16 atom stereocenters. The molecule has 0 spiro atoms. The highest BCUT2D eigenvalue weighted by Gasteiger charge is 2.45. The Morgan fingerprint density at radius 2 is 1.32 bits per heavy atom. The van der Waals surface area contributed by atoms with E-state index < -0.39 is 72.4 Å². The summed E-state index contributed by atoms with van der Waals surface area (Å²) >= 11 is 0. The molecule has 9 unspecified atom stereocenters. The van der Waals surface area contributed by atoms with Gasteiger partial charge in [-0.1, -0.05) is 0 Å². The Morgan fingerprint density at radius 3 is 1.82 bits per heavy atom. The van der Waals surface area contributed by atoms with Crippen molar-refractivity contribution in [2.24, 2.45) is 0 Å². The van der Waals surface area contributed by atoms with E-state index in [1.165, 1.54) is 14.2 Å². The Bertz CT molecular complexity index is 1410. The van der Waals surface area contributed by atoms with Gasteiger partial charge in [-0.25, -0.2) is 9.34 Å². The van der Waals surface area contributed by atoms with Crippen LogP contribution < -0.4 is 14.9 Å². The van der Waals surface area contributed by atoms with Crippen molar-refractivity contribution in [3.05, 3.63) is 0 Å². The third-order valence-electron chi connectivity index (χ3n) is 9.07. The highest BCUT2D eigenvalue weighted by molar-refractivity contribution is 7.82. The maximum atomic E-state index is 12.4. The first kappa shape index (κ1) is 60.6. The molecule has 62 heavy (non-hydrogen) atoms. The molecule has 0 aromatic rings. The molecule has 356 valence electrons. The van der Waals surface area contributed by atoms with E-state index in [2.05, 4.69) is 5.09 Å². The number of hydrogen-bond acceptors (Lipinski definition) is 18. The van der Waals surface area contributed by atoms with Gasteiger partial charge in [0.25, 0.3) is 0 Å². The lowest BCUT2D eigenvalue weighted by Gasteiger charge is -2.41. The number of nitrogens with one attached hydrogen (secondary N) is 1. The van der Waals surface area contributed by atoms with Crippen LogP contribution >= 0.6 is 29.8 Å². The van der Waals surface area contributed by atoms with Crippen molar-refractivity contribution >= 4 is 68.8 Å². The Balaban J connectivity index is 0.000000417. The quantitative estimate of drug-likeness (QED) is 0.0776. The van der Waals surface area contributed by atoms with Crippen LogP contribution in [0.15, 0.2) is 0 Å². The van der Waals surface area contributed by atoms with Gasteiger partial charge in [0.15, 0.2) is 6.29 Å². The minimum atomic E-state index is -3.95. The van der Waals surface area contributed by atoms with Gasteiger partial charge >= 0.3 is 0 Å². The van der Waals surface area contributed by atoms with E-state index >= 15 is 0 Å². The fourth-order valence-corrected chi connectivity index (χ4v) is 9.77. The molecule has 4 heterocycles. The molecule has 4 aliphatic rings. The van der Waals surface area contributed by atoms with Crippen molar-refractivity contribution in [1.29, 1.82) is 0 Å². The Labute approximate surface area is 374 Å². The number of ether oxygens (including phenoxy) is 9. The SMILES string of the molecule is [B]C1CN(P(C)(=O)N(C)C)CC(OC)O1.[B][C@@H]1O[C@H](COC)C(OP(C)(=O)[O-])[C@@H]1OCCCO.[B][C@H]1CC(NP(C)(=O)[O-])[C@@H](COC)O1.[B][C@H]1CC(OP([BH3-])(C)=O)[C@@H](COC)O1. The molecule has 4 saturated heterocycles. The monoisotopic (exact) mass is 960 g/mol. The molecule has 2 N–H and O–H groups in total. The van der Waals surface area contributed by atoms with Crippen LogP contribution in [0, 0.1) is 0 Å². The van der Waals surface area contributed by atoms with E-state index in [9.17, 15) is 28.0 Å². The summed E-state index contributed by atoms with van der Waals surface area (Å²) in [5, 5.41) is 11.2. The second-order valence-electron chi connectivity index (χ2n) is 14.7. The number of hydrogen-bond donors (Lipinski definition) is 2. The molecule has 0 aliphatic carbocycles. The molecule has 30 heteroatoms. The third kappa shape index (κ3) is 23.5. The number of aliphatic hydroxyl groups is 1. The fraction of sp³-hybridized carbons (Fsp3) is 1.00. The van der Waals surface area contributed by atoms with Gasteiger partial charge in [0.1, 0.15) is 63.4 Å². The standard InChI is InChI=1S/C10H20BO7P.C8H18BN2O3P.C7H16B2O4P.C7H15BNO4P/c1-15-6-7-8(18-19(2,13)14)9(10(11)17-7)16-5-3-4-12;1-10(2)15(4,12)11-5-7(9)14-8(6-11)13-3;1-11-4-6-5(3-7(8)12-6)13-14(2,9)10;1-12-4-6-5(3-7(8)13-6)9-14(2,10)11/h7-10,12H,3-6H2,1-2H3,(H,13,14);7-8H,5-6H2,1-4H3;5-7H,3-4H2,1-2,9H3;5-7H,3-4H2,1-2H3,(H2,9,10,11)/q;;-1;/p-2/t7-,8?,9+,10-;;5?,6-,7-,14?;5?,6-,7-/m1.11/s1. The zero-order chi connectivity index (χ0) is 47.6. The topological polar surface area (TPSA) is 255 Å². The highest BCUT2D eigenvalue weighted by atomic mass is 31.2. The van der Waals surface area contributed by atoms with Crippen LogP contribution in [-0.2, 0) is 69.9 Å². The normalized spacial score (nSPS) is 35.1. The van der Waals surface area contributed by atoms with Crippen LogP contribution in [0.2, 0.25) is 0 Å². The van der Waals surface area contributed by atoms with Crippen molar-refractivity contribution in [2.75, 3.05) is 115 Å². The zero-order valence-electron chi connectivity index (χ0n) is 36.9. The molecular formula is C32H67B5N3O18P4-3. The minimum Gasteiger partial charge on any atom is -0.788 e. The van der Waals surface area contributed by atoms with Gasteiger partial charge in [-0.3, -0.25) is 9.65 Å². The van der Waals surface area contributed by atoms with Gasteiger partial charge in [0.05, 0.1) is 53.7 Å². The van der Waals surface area contributed by atoms with Gasteiger partial charge in [0.2, 0.25) is 7.44 Å². The van der Waals surface area contributed by atoms with Gasteiger partial charge in [-0.05, 0) is 46.7 Å². The number of methoxy groups -OCH3 is 4. The Hall–Kier alpha value is 0.565. The van der Waals surface area contributed by atoms with Gasteiger partial charge < -0.3 is 80.3 Å². The Morgan fingerprint density at radius 1 is 0.774 bits per heavy atom. The van der Waals surface area contributed by atoms with E-state index in [0.717, 1.165) is 13.3 Å². The van der Waals surface area contributed by atoms with Crippen molar-refractivity contribution in [2.45, 2.75) is 92.2 Å². The van der Waals surface area contributed by atoms with Crippen molar-refractivity contribution in [3.8, 4) is 0 Å². The molecule has 4 rings (SSSR count). The molecule has 0 aromatic carbocycles. The van der Waals surface area contributed by atoms with Crippen molar-refractivity contribution < 1.29 is 84.8 Å². The van der Waals surface area contributed by atoms with Crippen molar-refractivity contribution in [3.63, 3.8) is 0 Å². The number of nitrogens with zero attached hydrogens (tertiary/aromatic N) is 2. The molecule has 8 radical (unpaired) electrons. The number of morpholine rings is 1. The molecule has 0 saturated carbocycles. The first-order valence-electron chi connectivity index (χ1n) is 19.3. The molecular weight excluding hydrogens is 892 g/mol. The first-order chi connectivity index (χ1) is 28.6. The number of aliphatic hydroxyl groups excluding tert-OH is 1. The second-order valence-corrected chi connectivity index (χ2v) is 22.5. The highest BCUT2D eigenvalue weighted by Crippen LogP contribution is 2.48. The average Bonchev–Trinajstić information content (AvgIpc) is 3.75. The maximum absolute atomic E-state index is 12.4. The predicted octanol–water partition coefficient (Wildman–Crippen LogP) is -2.42. The largest absolute Gasteiger partial charge is 0.788 e. The number of rotatable bonds is 19. The smallest absolute Gasteiger partial charge is 0.213 e. The molecule has 4 aliphatic heterocycles. The summed E-state index contributed by atoms with van der Waals surface area (Å²) in [6, 6.07) is -2.25. The molecule has 21 nitrogen and oxygen atoms in total. The lowest BCUT2D eigenvalue weighted by atomic mass is 9.93. The van der Waals surface area contributed by atoms with Crippen LogP contribution in [0.3, 0.4) is 0 Å². The minimum absolute atomic E-state index is 0.0241. The summed E-state index contributed by atoms with van der Waals surface area (Å²) in [7, 11) is 19.9. The van der Waals surface area contributed by atoms with E-state index in [1.807, 2.05) is 4.67 Å². The van der Waals surface area contributed by atoms with Gasteiger partial charge in [0, 0.05) is 98.8 Å². The van der Waals surface area contributed by atoms with Crippen LogP contribution in [-0.4, -0.2) is 242 Å². The van der Waals surface area contributed by atoms with Crippen LogP contribution in [0.1, 0.15) is 19.3 Å². The van der Waals surface area contributed by atoms with E-state index in [-0.39, 0.29) is 57.7 Å². The van der Waals surface area contributed by atoms with E-state index in [1.54, 1.807) is 46.3 Å². The summed E-state index contributed by atoms with van der Waals surface area (Å²) in [6.07, 6.45) is -1.67. The summed E-state index contributed by atoms with van der Waals surface area (Å²) in [5.41, 5.74) is 0. The fourth-order valence-electron chi connectivity index (χ4n) is 6.19. The summed E-state index contributed by atoms with van der Waals surface area (Å²) in [5.74, 6) is 0. The molecule has 0 aromatic heterocycles. The average molecular weight is 960 g/mol. The van der Waals surface area contributed by atoms with Crippen LogP contribution in [0.25, 0.3) is 0 Å². The molecule has 0 amide bonds. The summed E-state index contributed by atoms with van der Waals surface area (Å²) in [6.45, 7) is 7.63. The molecule has 0 bridgehead atoms. The van der Waals surface area contributed by atoms with Crippen LogP contribution in [0.4, 0.5) is 0 Å². The van der Waals surface area contributed by atoms with Gasteiger partial charge in [-0.15, -0.1) is 0 Å². The second kappa shape index (κ2) is 28.8. The van der Waals surface area contributed by atoms with Gasteiger partial charge in [-0.2, -0.15) is 0 Å². The lowest BCUT2D eigenvalue weighted by Crippen LogP contribution is -2.48. The zero-order valence-corrected chi connectivity index (χ0v) is 40.5. The van der Waals surface area contributed by atoms with Crippen LogP contribution in [0.5, 0.6) is 0 Å². The van der Waals surface area contributed by atoms with Crippen molar-refractivity contribution in [1.82, 2.24) is 14.4 Å². The predicted molar refractivity (Wildman–Crippen MR) is 237 cm³/mol. The summed E-state index contributed by atoms with van der Waals surface area (Å²) in [4.78, 5) is 22.3. The summed E-state index contributed by atoms with van der Waals surface area (Å²) < 4.78 is 107. The first-order valence-corrected chi connectivity index (χ1v) is 27.0. The Kier molecular flexibility index (Phi) is 28.1. The van der Waals surface area contributed by atoms with E-state index in [4.69, 9.17) is 88.2 Å². The lowest BCUT2D eigenvalue weighted by molar-refractivity contribution is -0.205. The maximum Gasteiger partial charge on any atom is 0.213 e. The molecule has 4 fully saturated rings.